The Hall–Kier alpha value is -0.0300. The highest BCUT2D eigenvalue weighted by Gasteiger charge is 2.42. The van der Waals surface area contributed by atoms with Crippen LogP contribution in [0.5, 0.6) is 0 Å². The molecule has 4 heteroatoms. The van der Waals surface area contributed by atoms with Crippen LogP contribution in [0.25, 0.3) is 0 Å². The van der Waals surface area contributed by atoms with E-state index in [2.05, 4.69) is 17.5 Å². The molecule has 2 fully saturated rings. The molecule has 2 aliphatic rings. The second kappa shape index (κ2) is 5.53. The number of rotatable bonds is 3. The molecule has 0 saturated carbocycles. The predicted molar refractivity (Wildman–Crippen MR) is 77.4 cm³/mol. The van der Waals surface area contributed by atoms with Crippen LogP contribution in [0.4, 0.5) is 0 Å². The summed E-state index contributed by atoms with van der Waals surface area (Å²) in [7, 11) is 0. The van der Waals surface area contributed by atoms with Gasteiger partial charge >= 0.3 is 0 Å². The van der Waals surface area contributed by atoms with Gasteiger partial charge in [0, 0.05) is 23.7 Å². The van der Waals surface area contributed by atoms with E-state index in [4.69, 9.17) is 4.74 Å². The third kappa shape index (κ3) is 2.77. The van der Waals surface area contributed by atoms with Crippen LogP contribution in [0.15, 0.2) is 17.5 Å². The zero-order valence-corrected chi connectivity index (χ0v) is 12.1. The number of aliphatic hydroxyl groups excluding tert-OH is 1. The SMILES string of the molecule is OC(Cc1cccs1)C1CCOC2(CCSC2)C1. The molecule has 0 aliphatic carbocycles. The molecule has 2 aliphatic heterocycles. The van der Waals surface area contributed by atoms with Crippen LogP contribution >= 0.6 is 23.1 Å². The van der Waals surface area contributed by atoms with Gasteiger partial charge in [-0.3, -0.25) is 0 Å². The van der Waals surface area contributed by atoms with E-state index in [0.717, 1.165) is 31.6 Å². The molecule has 100 valence electrons. The van der Waals surface area contributed by atoms with E-state index in [0.29, 0.717) is 5.92 Å². The van der Waals surface area contributed by atoms with E-state index in [1.165, 1.54) is 17.1 Å². The Morgan fingerprint density at radius 1 is 1.56 bits per heavy atom. The minimum atomic E-state index is -0.199. The summed E-state index contributed by atoms with van der Waals surface area (Å²) in [5, 5.41) is 12.5. The molecule has 0 bridgehead atoms. The lowest BCUT2D eigenvalue weighted by Gasteiger charge is -2.39. The molecule has 0 radical (unpaired) electrons. The maximum atomic E-state index is 10.4. The van der Waals surface area contributed by atoms with Gasteiger partial charge in [0.25, 0.3) is 0 Å². The molecule has 3 rings (SSSR count). The second-order valence-electron chi connectivity index (χ2n) is 5.44. The molecule has 18 heavy (non-hydrogen) atoms. The fourth-order valence-corrected chi connectivity index (χ4v) is 5.19. The second-order valence-corrected chi connectivity index (χ2v) is 7.58. The Bertz CT molecular complexity index is 371. The standard InChI is InChI=1S/C14H20O2S2/c15-13(8-12-2-1-6-18-12)11-3-5-16-14(9-11)4-7-17-10-14/h1-2,6,11,13,15H,3-5,7-10H2. The third-order valence-corrected chi connectivity index (χ3v) is 6.25. The summed E-state index contributed by atoms with van der Waals surface area (Å²) >= 11 is 3.74. The van der Waals surface area contributed by atoms with E-state index in [-0.39, 0.29) is 11.7 Å². The van der Waals surface area contributed by atoms with Crippen molar-refractivity contribution in [2.75, 3.05) is 18.1 Å². The summed E-state index contributed by atoms with van der Waals surface area (Å²) in [6, 6.07) is 4.18. The highest BCUT2D eigenvalue weighted by atomic mass is 32.2. The maximum absolute atomic E-state index is 10.4. The average molecular weight is 284 g/mol. The van der Waals surface area contributed by atoms with Crippen molar-refractivity contribution in [2.24, 2.45) is 5.92 Å². The van der Waals surface area contributed by atoms with Crippen LogP contribution in [0, 0.1) is 5.92 Å². The molecule has 1 N–H and O–H groups in total. The molecule has 1 aromatic rings. The van der Waals surface area contributed by atoms with Gasteiger partial charge in [0.1, 0.15) is 0 Å². The van der Waals surface area contributed by atoms with Crippen LogP contribution in [-0.4, -0.2) is 34.9 Å². The molecule has 0 aromatic carbocycles. The van der Waals surface area contributed by atoms with Gasteiger partial charge in [-0.15, -0.1) is 11.3 Å². The lowest BCUT2D eigenvalue weighted by atomic mass is 9.81. The average Bonchev–Trinajstić information content (AvgIpc) is 3.02. The van der Waals surface area contributed by atoms with Crippen molar-refractivity contribution in [1.82, 2.24) is 0 Å². The third-order valence-electron chi connectivity index (χ3n) is 4.13. The Kier molecular flexibility index (Phi) is 3.99. The van der Waals surface area contributed by atoms with Crippen molar-refractivity contribution in [3.8, 4) is 0 Å². The van der Waals surface area contributed by atoms with Gasteiger partial charge in [-0.25, -0.2) is 0 Å². The summed E-state index contributed by atoms with van der Waals surface area (Å²) in [4.78, 5) is 1.30. The monoisotopic (exact) mass is 284 g/mol. The van der Waals surface area contributed by atoms with Crippen LogP contribution in [0.1, 0.15) is 24.1 Å². The zero-order chi connectivity index (χ0) is 12.4. The predicted octanol–water partition coefficient (Wildman–Crippen LogP) is 2.95. The van der Waals surface area contributed by atoms with Gasteiger partial charge in [0.15, 0.2) is 0 Å². The highest BCUT2D eigenvalue weighted by molar-refractivity contribution is 7.99. The van der Waals surface area contributed by atoms with Crippen molar-refractivity contribution in [3.63, 3.8) is 0 Å². The molecule has 2 saturated heterocycles. The zero-order valence-electron chi connectivity index (χ0n) is 10.5. The lowest BCUT2D eigenvalue weighted by Crippen LogP contribution is -2.43. The topological polar surface area (TPSA) is 29.5 Å². The molecular formula is C14H20O2S2. The van der Waals surface area contributed by atoms with E-state index in [1.807, 2.05) is 11.8 Å². The number of hydrogen-bond donors (Lipinski definition) is 1. The molecule has 3 heterocycles. The van der Waals surface area contributed by atoms with E-state index in [1.54, 1.807) is 11.3 Å². The van der Waals surface area contributed by atoms with E-state index in [9.17, 15) is 5.11 Å². The number of aliphatic hydroxyl groups is 1. The summed E-state index contributed by atoms with van der Waals surface area (Å²) in [5.41, 5.74) is 0.0873. The fraction of sp³-hybridized carbons (Fsp3) is 0.714. The number of hydrogen-bond acceptors (Lipinski definition) is 4. The molecule has 3 atom stereocenters. The number of thiophene rings is 1. The summed E-state index contributed by atoms with van der Waals surface area (Å²) in [6.45, 7) is 0.826. The lowest BCUT2D eigenvalue weighted by molar-refractivity contribution is -0.101. The van der Waals surface area contributed by atoms with Gasteiger partial charge in [0.2, 0.25) is 0 Å². The van der Waals surface area contributed by atoms with Crippen LogP contribution < -0.4 is 0 Å². The van der Waals surface area contributed by atoms with Gasteiger partial charge < -0.3 is 9.84 Å². The Morgan fingerprint density at radius 2 is 2.50 bits per heavy atom. The van der Waals surface area contributed by atoms with Crippen LogP contribution in [0.2, 0.25) is 0 Å². The largest absolute Gasteiger partial charge is 0.392 e. The first-order valence-electron chi connectivity index (χ1n) is 6.70. The molecular weight excluding hydrogens is 264 g/mol. The maximum Gasteiger partial charge on any atom is 0.0783 e. The van der Waals surface area contributed by atoms with E-state index < -0.39 is 0 Å². The van der Waals surface area contributed by atoms with Crippen molar-refractivity contribution >= 4 is 23.1 Å². The quantitative estimate of drug-likeness (QED) is 0.925. The van der Waals surface area contributed by atoms with Gasteiger partial charge in [0.05, 0.1) is 11.7 Å². The highest BCUT2D eigenvalue weighted by Crippen LogP contribution is 2.41. The minimum absolute atomic E-state index is 0.0873. The normalized spacial score (nSPS) is 33.9. The molecule has 3 unspecified atom stereocenters. The Morgan fingerprint density at radius 3 is 3.22 bits per heavy atom. The Labute approximate surface area is 117 Å². The first-order chi connectivity index (χ1) is 8.77. The van der Waals surface area contributed by atoms with Crippen LogP contribution in [0.3, 0.4) is 0 Å². The van der Waals surface area contributed by atoms with Crippen molar-refractivity contribution in [1.29, 1.82) is 0 Å². The number of ether oxygens (including phenoxy) is 1. The van der Waals surface area contributed by atoms with Crippen molar-refractivity contribution in [2.45, 2.75) is 37.4 Å². The first-order valence-corrected chi connectivity index (χ1v) is 8.73. The summed E-state index contributed by atoms with van der Waals surface area (Å²) in [5.74, 6) is 2.75. The molecule has 1 spiro atoms. The van der Waals surface area contributed by atoms with Gasteiger partial charge in [-0.1, -0.05) is 6.07 Å². The van der Waals surface area contributed by atoms with Crippen molar-refractivity contribution in [3.05, 3.63) is 22.4 Å². The fourth-order valence-electron chi connectivity index (χ4n) is 3.06. The summed E-state index contributed by atoms with van der Waals surface area (Å²) < 4.78 is 6.01. The minimum Gasteiger partial charge on any atom is -0.392 e. The molecule has 0 amide bonds. The Balaban J connectivity index is 1.61. The van der Waals surface area contributed by atoms with Crippen LogP contribution in [-0.2, 0) is 11.2 Å². The van der Waals surface area contributed by atoms with Gasteiger partial charge in [-0.2, -0.15) is 11.8 Å². The van der Waals surface area contributed by atoms with Crippen molar-refractivity contribution < 1.29 is 9.84 Å². The van der Waals surface area contributed by atoms with E-state index >= 15 is 0 Å². The van der Waals surface area contributed by atoms with Gasteiger partial charge in [-0.05, 0) is 42.4 Å². The molecule has 2 nitrogen and oxygen atoms in total. The first kappa shape index (κ1) is 13.0. The smallest absolute Gasteiger partial charge is 0.0783 e. The molecule has 1 aromatic heterocycles. The number of thioether (sulfide) groups is 1. The summed E-state index contributed by atoms with van der Waals surface area (Å²) in [6.07, 6.45) is 3.84.